The second kappa shape index (κ2) is 11.9. The Balaban J connectivity index is 1.32. The van der Waals surface area contributed by atoms with Crippen LogP contribution in [0.5, 0.6) is 0 Å². The minimum absolute atomic E-state index is 0.0166. The molecule has 41 heavy (non-hydrogen) atoms. The summed E-state index contributed by atoms with van der Waals surface area (Å²) in [6.07, 6.45) is 1.52. The van der Waals surface area contributed by atoms with Crippen LogP contribution >= 0.6 is 23.4 Å². The van der Waals surface area contributed by atoms with Gasteiger partial charge in [-0.3, -0.25) is 19.2 Å². The molecular formula is C28H25Cl2N7O4. The lowest BCUT2D eigenvalue weighted by Crippen LogP contribution is -2.48. The Morgan fingerprint density at radius 2 is 1.78 bits per heavy atom. The van der Waals surface area contributed by atoms with Gasteiger partial charge < -0.3 is 20.1 Å². The molecule has 5 rings (SSSR count). The van der Waals surface area contributed by atoms with Crippen LogP contribution in [0.3, 0.4) is 0 Å². The number of rotatable bonds is 6. The lowest BCUT2D eigenvalue weighted by molar-refractivity contribution is -0.129. The van der Waals surface area contributed by atoms with E-state index in [9.17, 15) is 19.2 Å². The molecule has 0 radical (unpaired) electrons. The van der Waals surface area contributed by atoms with Crippen molar-refractivity contribution >= 4 is 63.8 Å². The summed E-state index contributed by atoms with van der Waals surface area (Å²) in [5, 5.41) is 3.23. The third-order valence-electron chi connectivity index (χ3n) is 6.68. The van der Waals surface area contributed by atoms with Crippen molar-refractivity contribution in [2.75, 3.05) is 36.4 Å². The van der Waals surface area contributed by atoms with Crippen LogP contribution in [-0.2, 0) is 11.3 Å². The van der Waals surface area contributed by atoms with Crippen molar-refractivity contribution in [3.63, 3.8) is 0 Å². The fourth-order valence-corrected chi connectivity index (χ4v) is 4.83. The third kappa shape index (κ3) is 6.31. The number of piperazine rings is 1. The van der Waals surface area contributed by atoms with Crippen molar-refractivity contribution in [3.05, 3.63) is 92.9 Å². The first-order valence-electron chi connectivity index (χ1n) is 12.7. The molecule has 0 bridgehead atoms. The molecule has 1 fully saturated rings. The maximum atomic E-state index is 13.1. The molecule has 0 aliphatic carbocycles. The topological polar surface area (TPSA) is 132 Å². The number of nitrogens with one attached hydrogen (secondary N) is 2. The van der Waals surface area contributed by atoms with Crippen molar-refractivity contribution in [2.24, 2.45) is 0 Å². The molecule has 0 atom stereocenters. The zero-order valence-corrected chi connectivity index (χ0v) is 23.4. The number of halogens is 2. The first kappa shape index (κ1) is 28.1. The molecule has 2 aromatic carbocycles. The quantitative estimate of drug-likeness (QED) is 0.326. The molecule has 11 nitrogen and oxygen atoms in total. The number of hydrogen-bond donors (Lipinski definition) is 2. The molecule has 1 aliphatic heterocycles. The largest absolute Gasteiger partial charge is 0.339 e. The number of hydrogen-bond acceptors (Lipinski definition) is 7. The zero-order valence-electron chi connectivity index (χ0n) is 21.9. The van der Waals surface area contributed by atoms with Gasteiger partial charge in [-0.1, -0.05) is 41.9 Å². The zero-order chi connectivity index (χ0) is 29.1. The standard InChI is InChI=1S/C28H25Cl2N7O4/c1-17(38)35-9-11-36(12-10-35)28-31-15-20-13-21(26(40)33-24(20)34-28)25(39)32-23-14-19(7-8-22(23)29)27(41)37(30)16-18-5-3-2-4-6-18/h2-8,13-15H,9-12,16H2,1H3,(H,32,39)(H,31,33,34,40). The van der Waals surface area contributed by atoms with Crippen LogP contribution < -0.4 is 15.8 Å². The van der Waals surface area contributed by atoms with E-state index in [-0.39, 0.29) is 39.9 Å². The summed E-state index contributed by atoms with van der Waals surface area (Å²) in [5.74, 6) is -0.775. The monoisotopic (exact) mass is 593 g/mol. The van der Waals surface area contributed by atoms with Gasteiger partial charge in [-0.05, 0) is 29.8 Å². The SMILES string of the molecule is CC(=O)N1CCN(c2ncc3cc(C(=O)Nc4cc(C(=O)N(Cl)Cc5ccccc5)ccc4Cl)c(=O)[nH]c3n2)CC1. The number of carbonyl (C=O) groups is 3. The van der Waals surface area contributed by atoms with Gasteiger partial charge in [-0.15, -0.1) is 0 Å². The van der Waals surface area contributed by atoms with Gasteiger partial charge in [0.05, 0.1) is 17.3 Å². The minimum atomic E-state index is -0.726. The number of aromatic amines is 1. The summed E-state index contributed by atoms with van der Waals surface area (Å²) in [6.45, 7) is 3.94. The van der Waals surface area contributed by atoms with Crippen molar-refractivity contribution < 1.29 is 14.4 Å². The Hall–Kier alpha value is -4.48. The summed E-state index contributed by atoms with van der Waals surface area (Å²) < 4.78 is 1.04. The summed E-state index contributed by atoms with van der Waals surface area (Å²) >= 11 is 12.5. The number of pyridine rings is 1. The highest BCUT2D eigenvalue weighted by Gasteiger charge is 2.22. The smallest absolute Gasteiger partial charge is 0.268 e. The van der Waals surface area contributed by atoms with Gasteiger partial charge in [-0.2, -0.15) is 4.98 Å². The van der Waals surface area contributed by atoms with Gasteiger partial charge in [-0.25, -0.2) is 9.40 Å². The number of aromatic nitrogens is 3. The molecule has 1 saturated heterocycles. The van der Waals surface area contributed by atoms with Gasteiger partial charge in [0, 0.05) is 62.0 Å². The normalized spacial score (nSPS) is 13.2. The van der Waals surface area contributed by atoms with E-state index >= 15 is 0 Å². The summed E-state index contributed by atoms with van der Waals surface area (Å²) in [6, 6.07) is 15.0. The number of carbonyl (C=O) groups excluding carboxylic acids is 3. The first-order valence-corrected chi connectivity index (χ1v) is 13.4. The average Bonchev–Trinajstić information content (AvgIpc) is 2.97. The number of anilines is 2. The fraction of sp³-hybridized carbons (Fsp3) is 0.214. The molecule has 4 aromatic rings. The van der Waals surface area contributed by atoms with Crippen LogP contribution in [0.4, 0.5) is 11.6 Å². The number of nitrogens with zero attached hydrogens (tertiary/aromatic N) is 5. The summed E-state index contributed by atoms with van der Waals surface area (Å²) in [5.41, 5.74) is 0.632. The molecule has 210 valence electrons. The van der Waals surface area contributed by atoms with Crippen molar-refractivity contribution in [1.82, 2.24) is 24.3 Å². The molecule has 2 N–H and O–H groups in total. The van der Waals surface area contributed by atoms with Crippen LogP contribution in [0.2, 0.25) is 5.02 Å². The second-order valence-electron chi connectivity index (χ2n) is 9.44. The second-order valence-corrected chi connectivity index (χ2v) is 10.3. The molecule has 1 aliphatic rings. The average molecular weight is 594 g/mol. The van der Waals surface area contributed by atoms with E-state index in [2.05, 4.69) is 20.3 Å². The van der Waals surface area contributed by atoms with Gasteiger partial charge in [0.15, 0.2) is 0 Å². The predicted molar refractivity (Wildman–Crippen MR) is 156 cm³/mol. The van der Waals surface area contributed by atoms with E-state index in [4.69, 9.17) is 23.4 Å². The van der Waals surface area contributed by atoms with Crippen molar-refractivity contribution in [1.29, 1.82) is 0 Å². The molecule has 3 heterocycles. The van der Waals surface area contributed by atoms with Gasteiger partial charge >= 0.3 is 0 Å². The number of benzene rings is 2. The third-order valence-corrected chi connectivity index (χ3v) is 7.28. The lowest BCUT2D eigenvalue weighted by atomic mass is 10.1. The van der Waals surface area contributed by atoms with E-state index in [1.807, 2.05) is 35.2 Å². The van der Waals surface area contributed by atoms with Crippen LogP contribution in [-0.4, -0.2) is 68.2 Å². The molecule has 0 unspecified atom stereocenters. The van der Waals surface area contributed by atoms with E-state index in [1.54, 1.807) is 4.90 Å². The van der Waals surface area contributed by atoms with Gasteiger partial charge in [0.25, 0.3) is 17.4 Å². The molecule has 13 heteroatoms. The van der Waals surface area contributed by atoms with Crippen LogP contribution in [0.15, 0.2) is 65.6 Å². The van der Waals surface area contributed by atoms with Gasteiger partial charge in [0.2, 0.25) is 11.9 Å². The lowest BCUT2D eigenvalue weighted by Gasteiger charge is -2.34. The molecule has 0 spiro atoms. The number of H-pyrrole nitrogens is 1. The summed E-state index contributed by atoms with van der Waals surface area (Å²) in [7, 11) is 0. The number of fused-ring (bicyclic) bond motifs is 1. The molecule has 0 saturated carbocycles. The molecular weight excluding hydrogens is 569 g/mol. The highest BCUT2D eigenvalue weighted by molar-refractivity contribution is 6.34. The highest BCUT2D eigenvalue weighted by atomic mass is 35.5. The maximum Gasteiger partial charge on any atom is 0.268 e. The van der Waals surface area contributed by atoms with E-state index in [1.165, 1.54) is 37.4 Å². The Labute approximate surface area is 244 Å². The Kier molecular flexibility index (Phi) is 8.18. The fourth-order valence-electron chi connectivity index (χ4n) is 4.43. The Bertz CT molecular complexity index is 1690. The molecule has 2 aromatic heterocycles. The maximum absolute atomic E-state index is 13.1. The van der Waals surface area contributed by atoms with E-state index < -0.39 is 17.4 Å². The predicted octanol–water partition coefficient (Wildman–Crippen LogP) is 3.69. The molecule has 3 amide bonds. The number of amides is 3. The van der Waals surface area contributed by atoms with Crippen LogP contribution in [0, 0.1) is 0 Å². The van der Waals surface area contributed by atoms with Crippen LogP contribution in [0.25, 0.3) is 11.0 Å². The van der Waals surface area contributed by atoms with E-state index in [0.717, 1.165) is 9.98 Å². The van der Waals surface area contributed by atoms with E-state index in [0.29, 0.717) is 37.5 Å². The Morgan fingerprint density at radius 1 is 1.05 bits per heavy atom. The minimum Gasteiger partial charge on any atom is -0.339 e. The van der Waals surface area contributed by atoms with Gasteiger partial charge in [0.1, 0.15) is 11.2 Å². The first-order chi connectivity index (χ1) is 19.7. The Morgan fingerprint density at radius 3 is 2.49 bits per heavy atom. The van der Waals surface area contributed by atoms with Crippen molar-refractivity contribution in [2.45, 2.75) is 13.5 Å². The highest BCUT2D eigenvalue weighted by Crippen LogP contribution is 2.25. The van der Waals surface area contributed by atoms with Crippen LogP contribution in [0.1, 0.15) is 33.2 Å². The summed E-state index contributed by atoms with van der Waals surface area (Å²) in [4.78, 5) is 65.6. The van der Waals surface area contributed by atoms with Crippen molar-refractivity contribution in [3.8, 4) is 0 Å².